The third-order valence-electron chi connectivity index (χ3n) is 13.4. The average molecular weight is 856 g/mol. The Morgan fingerprint density at radius 2 is 1.56 bits per heavy atom. The summed E-state index contributed by atoms with van der Waals surface area (Å²) in [4.78, 5) is 56.5. The van der Waals surface area contributed by atoms with E-state index in [4.69, 9.17) is 14.5 Å². The zero-order valence-corrected chi connectivity index (χ0v) is 35.2. The van der Waals surface area contributed by atoms with Crippen LogP contribution in [-0.2, 0) is 31.1 Å². The maximum atomic E-state index is 15.7. The van der Waals surface area contributed by atoms with Crippen LogP contribution in [0.4, 0.5) is 5.69 Å². The lowest BCUT2D eigenvalue weighted by Crippen LogP contribution is -2.54. The van der Waals surface area contributed by atoms with Gasteiger partial charge in [-0.1, -0.05) is 116 Å². The van der Waals surface area contributed by atoms with Gasteiger partial charge in [-0.3, -0.25) is 19.3 Å². The van der Waals surface area contributed by atoms with Crippen LogP contribution in [0.3, 0.4) is 0 Å². The second kappa shape index (κ2) is 17.1. The summed E-state index contributed by atoms with van der Waals surface area (Å²) in [5, 5.41) is 27.8. The van der Waals surface area contributed by atoms with Gasteiger partial charge in [0.2, 0.25) is 11.8 Å². The first-order chi connectivity index (χ1) is 31.3. The monoisotopic (exact) mass is 855 g/mol. The summed E-state index contributed by atoms with van der Waals surface area (Å²) in [7, 11) is 0. The number of hydrogen-bond acceptors (Lipinski definition) is 9. The average Bonchev–Trinajstić information content (AvgIpc) is 3.92. The largest absolute Gasteiger partial charge is 0.491 e. The molecule has 5 N–H and O–H groups in total. The number of aliphatic hydroxyl groups excluding tert-OH is 1. The van der Waals surface area contributed by atoms with E-state index in [0.29, 0.717) is 46.8 Å². The number of fused-ring (bicyclic) bond motifs is 4. The van der Waals surface area contributed by atoms with Crippen LogP contribution < -0.4 is 15.4 Å². The first kappa shape index (κ1) is 41.2. The molecular formula is C52H49N5O7. The molecule has 5 aromatic carbocycles. The highest BCUT2D eigenvalue weighted by Gasteiger charge is 2.74. The summed E-state index contributed by atoms with van der Waals surface area (Å²) in [5.74, 6) is 4.26. The van der Waals surface area contributed by atoms with Crippen molar-refractivity contribution in [1.29, 1.82) is 0 Å². The minimum atomic E-state index is -1.80. The number of H-pyrrole nitrogens is 1. The minimum Gasteiger partial charge on any atom is -0.491 e. The van der Waals surface area contributed by atoms with Gasteiger partial charge in [0.1, 0.15) is 41.3 Å². The van der Waals surface area contributed by atoms with Crippen LogP contribution in [-0.4, -0.2) is 67.7 Å². The van der Waals surface area contributed by atoms with Crippen molar-refractivity contribution in [3.63, 3.8) is 0 Å². The second-order valence-corrected chi connectivity index (χ2v) is 17.2. The fourth-order valence-electron chi connectivity index (χ4n) is 10.6. The Hall–Kier alpha value is -6.78. The van der Waals surface area contributed by atoms with Crippen molar-refractivity contribution < 1.29 is 34.1 Å². The van der Waals surface area contributed by atoms with Crippen LogP contribution in [0.2, 0.25) is 0 Å². The van der Waals surface area contributed by atoms with Crippen molar-refractivity contribution in [1.82, 2.24) is 20.2 Å². The number of benzene rings is 5. The number of aliphatic hydroxyl groups is 2. The van der Waals surface area contributed by atoms with Crippen molar-refractivity contribution >= 4 is 34.5 Å². The van der Waals surface area contributed by atoms with E-state index < -0.39 is 58.9 Å². The van der Waals surface area contributed by atoms with Gasteiger partial charge in [-0.25, -0.2) is 4.98 Å². The number of aromatic amines is 1. The number of amides is 2. The molecule has 2 saturated heterocycles. The van der Waals surface area contributed by atoms with Crippen molar-refractivity contribution in [2.45, 2.75) is 80.3 Å². The fourth-order valence-corrected chi connectivity index (χ4v) is 10.6. The Balaban J connectivity index is 1.21. The molecule has 3 fully saturated rings. The number of nitrogens with one attached hydrogen (secondary N) is 3. The molecule has 1 saturated carbocycles. The number of nitrogens with zero attached hydrogens (tertiary/aromatic N) is 2. The van der Waals surface area contributed by atoms with Crippen LogP contribution in [0, 0.1) is 17.8 Å². The van der Waals surface area contributed by atoms with Gasteiger partial charge in [0.15, 0.2) is 0 Å². The molecule has 4 heterocycles. The van der Waals surface area contributed by atoms with Crippen molar-refractivity contribution in [2.75, 3.05) is 18.5 Å². The maximum absolute atomic E-state index is 15.7. The third kappa shape index (κ3) is 7.19. The van der Waals surface area contributed by atoms with Crippen LogP contribution in [0.25, 0.3) is 11.0 Å². The SMILES string of the molecule is O=C1O[C@H](c2ccccc2)[C@H](c2ccccc2)N2[C@H]1[C@@H](C(=O)NCc1nc3ccccc3[nH]1)[C@]1(C(=O)Nc3ccc(C#CC4(O)CCCCCC4)cc31)[C@H]2c1ccccc1OCCO. The molecule has 6 atom stereocenters. The summed E-state index contributed by atoms with van der Waals surface area (Å²) in [6, 6.07) is 36.4. The predicted molar refractivity (Wildman–Crippen MR) is 240 cm³/mol. The number of esters is 1. The number of imidazole rings is 1. The van der Waals surface area contributed by atoms with Crippen molar-refractivity contribution in [3.8, 4) is 17.6 Å². The van der Waals surface area contributed by atoms with Crippen LogP contribution in [0.5, 0.6) is 5.75 Å². The van der Waals surface area contributed by atoms with E-state index in [0.717, 1.165) is 47.8 Å². The van der Waals surface area contributed by atoms with Crippen LogP contribution in [0.1, 0.15) is 90.4 Å². The highest BCUT2D eigenvalue weighted by molar-refractivity contribution is 6.12. The summed E-state index contributed by atoms with van der Waals surface area (Å²) in [6.45, 7) is -0.324. The zero-order valence-electron chi connectivity index (χ0n) is 35.2. The Kier molecular flexibility index (Phi) is 11.0. The Morgan fingerprint density at radius 3 is 2.31 bits per heavy atom. The molecule has 10 rings (SSSR count). The molecule has 0 radical (unpaired) electrons. The first-order valence-corrected chi connectivity index (χ1v) is 22.1. The molecule has 12 heteroatoms. The van der Waals surface area contributed by atoms with Gasteiger partial charge in [-0.05, 0) is 78.8 Å². The van der Waals surface area contributed by atoms with Gasteiger partial charge in [-0.2, -0.15) is 0 Å². The molecule has 6 aromatic rings. The Bertz CT molecular complexity index is 2740. The number of carbonyl (C=O) groups excluding carboxylic acids is 3. The quantitative estimate of drug-likeness (QED) is 0.0588. The minimum absolute atomic E-state index is 0.0178. The highest BCUT2D eigenvalue weighted by atomic mass is 16.6. The number of cyclic esters (lactones) is 1. The molecule has 0 bridgehead atoms. The number of rotatable bonds is 9. The van der Waals surface area contributed by atoms with Gasteiger partial charge >= 0.3 is 5.97 Å². The number of aromatic nitrogens is 2. The van der Waals surface area contributed by atoms with E-state index in [2.05, 4.69) is 27.5 Å². The molecule has 3 aliphatic heterocycles. The van der Waals surface area contributed by atoms with Crippen LogP contribution >= 0.6 is 0 Å². The van der Waals surface area contributed by atoms with Crippen LogP contribution in [0.15, 0.2) is 127 Å². The molecule has 2 amide bonds. The smallest absolute Gasteiger partial charge is 0.324 e. The van der Waals surface area contributed by atoms with Crippen molar-refractivity contribution in [3.05, 3.63) is 161 Å². The molecule has 0 unspecified atom stereocenters. The van der Waals surface area contributed by atoms with Gasteiger partial charge in [0.05, 0.1) is 42.2 Å². The predicted octanol–water partition coefficient (Wildman–Crippen LogP) is 6.96. The van der Waals surface area contributed by atoms with E-state index >= 15 is 14.4 Å². The molecule has 324 valence electrons. The van der Waals surface area contributed by atoms with E-state index in [-0.39, 0.29) is 19.8 Å². The number of carbonyl (C=O) groups is 3. The molecule has 4 aliphatic rings. The zero-order chi connectivity index (χ0) is 43.8. The Morgan fingerprint density at radius 1 is 0.859 bits per heavy atom. The maximum Gasteiger partial charge on any atom is 0.324 e. The lowest BCUT2D eigenvalue weighted by molar-refractivity contribution is -0.178. The Labute approximate surface area is 371 Å². The number of para-hydroxylation sites is 3. The van der Waals surface area contributed by atoms with E-state index in [1.807, 2.05) is 120 Å². The van der Waals surface area contributed by atoms with E-state index in [1.165, 1.54) is 0 Å². The van der Waals surface area contributed by atoms with Gasteiger partial charge < -0.3 is 35.3 Å². The summed E-state index contributed by atoms with van der Waals surface area (Å²) in [5.41, 5.74) is 2.17. The summed E-state index contributed by atoms with van der Waals surface area (Å²) < 4.78 is 12.8. The molecule has 1 aromatic heterocycles. The summed E-state index contributed by atoms with van der Waals surface area (Å²) >= 11 is 0. The molecule has 64 heavy (non-hydrogen) atoms. The van der Waals surface area contributed by atoms with Gasteiger partial charge in [0.25, 0.3) is 0 Å². The number of anilines is 1. The van der Waals surface area contributed by atoms with Crippen molar-refractivity contribution in [2.24, 2.45) is 5.92 Å². The standard InChI is InChI=1S/C52H49N5O7/c58-29-30-63-41-22-12-9-19-36(41)47-52(37-31-33(23-24-38(37)56-50(52)61)25-28-51(62)26-13-1-2-14-27-51)43(48(59)53-32-42-54-39-20-10-11-21-40(39)55-42)45-49(60)64-46(35-17-7-4-8-18-35)44(57(45)47)34-15-5-3-6-16-34/h3-12,15-24,31,43-47,58,62H,1-2,13-14,26-27,29-30,32H2,(H,53,59)(H,54,55)(H,56,61)/t43-,44-,45-,46+,47+,52-/m0/s1. The lowest BCUT2D eigenvalue weighted by atomic mass is 9.65. The third-order valence-corrected chi connectivity index (χ3v) is 13.4. The first-order valence-electron chi connectivity index (χ1n) is 22.1. The van der Waals surface area contributed by atoms with Gasteiger partial charge in [-0.15, -0.1) is 0 Å². The normalized spacial score (nSPS) is 24.8. The topological polar surface area (TPSA) is 166 Å². The van der Waals surface area contributed by atoms with E-state index in [9.17, 15) is 10.2 Å². The van der Waals surface area contributed by atoms with E-state index in [1.54, 1.807) is 12.1 Å². The number of morpholine rings is 1. The molecule has 12 nitrogen and oxygen atoms in total. The number of hydrogen-bond donors (Lipinski definition) is 5. The molecular weight excluding hydrogens is 807 g/mol. The summed E-state index contributed by atoms with van der Waals surface area (Å²) in [6.07, 6.45) is 4.12. The number of ether oxygens (including phenoxy) is 2. The molecule has 1 spiro atoms. The molecule has 1 aliphatic carbocycles. The lowest BCUT2D eigenvalue weighted by Gasteiger charge is -2.46. The second-order valence-electron chi connectivity index (χ2n) is 17.2. The fraction of sp³-hybridized carbons (Fsp3) is 0.308. The highest BCUT2D eigenvalue weighted by Crippen LogP contribution is 2.65. The van der Waals surface area contributed by atoms with Gasteiger partial charge in [0, 0.05) is 16.8 Å².